The summed E-state index contributed by atoms with van der Waals surface area (Å²) in [6.45, 7) is 0. The number of benzene rings is 3. The lowest BCUT2D eigenvalue weighted by Gasteiger charge is -2.02. The number of non-ortho nitro benzene ring substituents is 1. The van der Waals surface area contributed by atoms with Gasteiger partial charge in [0.25, 0.3) is 11.4 Å². The molecule has 33 heavy (non-hydrogen) atoms. The lowest BCUT2D eigenvalue weighted by molar-refractivity contribution is -0.404. The van der Waals surface area contributed by atoms with Gasteiger partial charge in [0.15, 0.2) is 0 Å². The van der Waals surface area contributed by atoms with Gasteiger partial charge in [-0.3, -0.25) is 30.3 Å². The van der Waals surface area contributed by atoms with Crippen molar-refractivity contribution < 1.29 is 24.3 Å². The molecule has 0 fully saturated rings. The van der Waals surface area contributed by atoms with Crippen LogP contribution in [0.4, 0.5) is 21.5 Å². The minimum absolute atomic E-state index is 0.227. The van der Waals surface area contributed by atoms with Crippen LogP contribution in [0.3, 0.4) is 0 Å². The van der Waals surface area contributed by atoms with Gasteiger partial charge >= 0.3 is 11.4 Å². The van der Waals surface area contributed by atoms with Crippen molar-refractivity contribution in [2.45, 2.75) is 0 Å². The number of phenols is 1. The molecule has 0 radical (unpaired) electrons. The first-order chi connectivity index (χ1) is 15.7. The minimum atomic E-state index is -1.21. The molecule has 0 aliphatic heterocycles. The van der Waals surface area contributed by atoms with E-state index >= 15 is 0 Å². The largest absolute Gasteiger partial charge is 0.497 e. The van der Waals surface area contributed by atoms with E-state index in [2.05, 4.69) is 4.98 Å². The molecule has 0 amide bonds. The van der Waals surface area contributed by atoms with Crippen molar-refractivity contribution in [3.63, 3.8) is 0 Å². The van der Waals surface area contributed by atoms with E-state index in [-0.39, 0.29) is 5.82 Å². The maximum absolute atomic E-state index is 12.8. The second kappa shape index (κ2) is 9.43. The first-order valence-electron chi connectivity index (χ1n) is 9.09. The molecule has 0 bridgehead atoms. The van der Waals surface area contributed by atoms with E-state index in [0.717, 1.165) is 22.2 Å². The Kier molecular flexibility index (Phi) is 6.48. The highest BCUT2D eigenvalue weighted by molar-refractivity contribution is 5.81. The Bertz CT molecular complexity index is 1340. The Balaban J connectivity index is 0.000000186. The SMILES string of the molecule is Fc1ccc(-c2ccc3ccccc3n2)cc1.O=[N+]([O-])c1cc([N+](=O)[O-])c(O)c([N+](=O)[O-])c1. The number of hydrogen-bond donors (Lipinski definition) is 1. The number of hydrogen-bond acceptors (Lipinski definition) is 8. The van der Waals surface area contributed by atoms with Crippen molar-refractivity contribution in [2.75, 3.05) is 0 Å². The van der Waals surface area contributed by atoms with Crippen molar-refractivity contribution >= 4 is 28.0 Å². The number of pyridine rings is 1. The molecule has 4 aromatic rings. The zero-order valence-corrected chi connectivity index (χ0v) is 16.5. The van der Waals surface area contributed by atoms with E-state index < -0.39 is 37.6 Å². The summed E-state index contributed by atoms with van der Waals surface area (Å²) in [6.07, 6.45) is 0. The highest BCUT2D eigenvalue weighted by Crippen LogP contribution is 2.38. The van der Waals surface area contributed by atoms with Crippen LogP contribution < -0.4 is 0 Å². The van der Waals surface area contributed by atoms with Gasteiger partial charge in [-0.15, -0.1) is 0 Å². The van der Waals surface area contributed by atoms with Crippen LogP contribution in [0.1, 0.15) is 0 Å². The van der Waals surface area contributed by atoms with Crippen LogP contribution >= 0.6 is 0 Å². The maximum Gasteiger partial charge on any atom is 0.324 e. The summed E-state index contributed by atoms with van der Waals surface area (Å²) in [5.41, 5.74) is -0.256. The number of phenolic OH excluding ortho intramolecular Hbond substituents is 1. The quantitative estimate of drug-likeness (QED) is 0.328. The second-order valence-corrected chi connectivity index (χ2v) is 6.50. The summed E-state index contributed by atoms with van der Waals surface area (Å²) in [5, 5.41) is 41.3. The third kappa shape index (κ3) is 5.19. The summed E-state index contributed by atoms with van der Waals surface area (Å²) in [7, 11) is 0. The van der Waals surface area contributed by atoms with E-state index in [9.17, 15) is 34.7 Å². The summed E-state index contributed by atoms with van der Waals surface area (Å²) in [5.74, 6) is -1.44. The van der Waals surface area contributed by atoms with E-state index in [1.54, 1.807) is 12.1 Å². The van der Waals surface area contributed by atoms with Crippen molar-refractivity contribution in [1.29, 1.82) is 0 Å². The summed E-state index contributed by atoms with van der Waals surface area (Å²) in [4.78, 5) is 32.3. The number of para-hydroxylation sites is 1. The van der Waals surface area contributed by atoms with E-state index in [1.165, 1.54) is 12.1 Å². The molecule has 12 heteroatoms. The standard InChI is InChI=1S/C15H10FN.C6H3N3O7/c16-13-8-5-12(6-9-13)15-10-7-11-3-1-2-4-14(11)17-15;10-6-4(8(13)14)1-3(7(11)12)2-5(6)9(15)16/h1-10H;1-2,10H. The Morgan fingerprint density at radius 1 is 0.758 bits per heavy atom. The predicted molar refractivity (Wildman–Crippen MR) is 115 cm³/mol. The molecule has 166 valence electrons. The maximum atomic E-state index is 12.8. The Morgan fingerprint density at radius 3 is 1.88 bits per heavy atom. The number of aromatic nitrogens is 1. The fourth-order valence-electron chi connectivity index (χ4n) is 2.82. The van der Waals surface area contributed by atoms with Crippen LogP contribution in [-0.4, -0.2) is 24.9 Å². The number of halogens is 1. The van der Waals surface area contributed by atoms with E-state index in [4.69, 9.17) is 5.11 Å². The van der Waals surface area contributed by atoms with Gasteiger partial charge in [-0.1, -0.05) is 24.3 Å². The Hall–Kier alpha value is -5.00. The smallest absolute Gasteiger partial charge is 0.324 e. The van der Waals surface area contributed by atoms with Crippen LogP contribution in [0.5, 0.6) is 5.75 Å². The highest BCUT2D eigenvalue weighted by atomic mass is 19.1. The fourth-order valence-corrected chi connectivity index (χ4v) is 2.82. The normalized spacial score (nSPS) is 10.2. The minimum Gasteiger partial charge on any atom is -0.497 e. The molecule has 1 aromatic heterocycles. The van der Waals surface area contributed by atoms with Crippen LogP contribution in [0.25, 0.3) is 22.2 Å². The summed E-state index contributed by atoms with van der Waals surface area (Å²) < 4.78 is 12.8. The average Bonchev–Trinajstić information content (AvgIpc) is 2.79. The summed E-state index contributed by atoms with van der Waals surface area (Å²) >= 11 is 0. The van der Waals surface area contributed by atoms with Crippen LogP contribution in [0.2, 0.25) is 0 Å². The van der Waals surface area contributed by atoms with Gasteiger partial charge in [0.1, 0.15) is 5.82 Å². The van der Waals surface area contributed by atoms with Crippen LogP contribution in [0, 0.1) is 36.2 Å². The molecule has 0 atom stereocenters. The third-order valence-electron chi connectivity index (χ3n) is 4.40. The van der Waals surface area contributed by atoms with Gasteiger partial charge in [0.2, 0.25) is 0 Å². The molecule has 0 unspecified atom stereocenters. The first-order valence-corrected chi connectivity index (χ1v) is 9.09. The van der Waals surface area contributed by atoms with Gasteiger partial charge in [0, 0.05) is 10.9 Å². The van der Waals surface area contributed by atoms with Gasteiger partial charge in [-0.2, -0.15) is 0 Å². The molecule has 4 rings (SSSR count). The zero-order chi connectivity index (χ0) is 24.1. The molecule has 0 aliphatic carbocycles. The van der Waals surface area contributed by atoms with Crippen molar-refractivity contribution in [3.05, 3.63) is 109 Å². The number of nitrogens with zero attached hydrogens (tertiary/aromatic N) is 4. The molecule has 3 aromatic carbocycles. The predicted octanol–water partition coefficient (Wildman–Crippen LogP) is 5.16. The topological polar surface area (TPSA) is 163 Å². The lowest BCUT2D eigenvalue weighted by Crippen LogP contribution is -1.97. The molecule has 0 saturated heterocycles. The van der Waals surface area contributed by atoms with Crippen LogP contribution in [-0.2, 0) is 0 Å². The molecule has 0 spiro atoms. The number of nitro benzene ring substituents is 3. The number of fused-ring (bicyclic) bond motifs is 1. The summed E-state index contributed by atoms with van der Waals surface area (Å²) in [6, 6.07) is 19.2. The van der Waals surface area contributed by atoms with Crippen molar-refractivity contribution in [3.8, 4) is 17.0 Å². The highest BCUT2D eigenvalue weighted by Gasteiger charge is 2.30. The van der Waals surface area contributed by atoms with E-state index in [0.29, 0.717) is 12.1 Å². The zero-order valence-electron chi connectivity index (χ0n) is 16.5. The van der Waals surface area contributed by atoms with Gasteiger partial charge < -0.3 is 5.11 Å². The fraction of sp³-hybridized carbons (Fsp3) is 0. The van der Waals surface area contributed by atoms with Gasteiger partial charge in [0.05, 0.1) is 38.1 Å². The van der Waals surface area contributed by atoms with E-state index in [1.807, 2.05) is 36.4 Å². The van der Waals surface area contributed by atoms with Crippen molar-refractivity contribution in [1.82, 2.24) is 4.98 Å². The van der Waals surface area contributed by atoms with Gasteiger partial charge in [-0.05, 0) is 36.4 Å². The monoisotopic (exact) mass is 452 g/mol. The number of rotatable bonds is 4. The average molecular weight is 452 g/mol. The lowest BCUT2D eigenvalue weighted by atomic mass is 10.1. The second-order valence-electron chi connectivity index (χ2n) is 6.50. The third-order valence-corrected chi connectivity index (χ3v) is 4.40. The number of nitro groups is 3. The van der Waals surface area contributed by atoms with Crippen molar-refractivity contribution in [2.24, 2.45) is 0 Å². The molecule has 1 N–H and O–H groups in total. The first kappa shape index (κ1) is 22.7. The Morgan fingerprint density at radius 2 is 1.33 bits per heavy atom. The Labute approximate surface area is 183 Å². The number of aromatic hydroxyl groups is 1. The molecule has 1 heterocycles. The van der Waals surface area contributed by atoms with Crippen LogP contribution in [0.15, 0.2) is 72.8 Å². The van der Waals surface area contributed by atoms with Gasteiger partial charge in [-0.25, -0.2) is 9.37 Å². The molecular weight excluding hydrogens is 439 g/mol. The molecule has 0 saturated carbocycles. The molecular formula is C21H13FN4O7. The molecule has 11 nitrogen and oxygen atoms in total. The molecule has 0 aliphatic rings.